The third-order valence-electron chi connectivity index (χ3n) is 4.32. The molecule has 2 aromatic heterocycles. The maximum atomic E-state index is 12.9. The Morgan fingerprint density at radius 2 is 2.00 bits per heavy atom. The molecule has 0 fully saturated rings. The SMILES string of the molecule is CCC(C(=O)OCc1ccccc1)n1cnc2sc(C(N)=O)c(C)c2c1=O. The monoisotopic (exact) mass is 385 g/mol. The number of aryl methyl sites for hydroxylation is 1. The highest BCUT2D eigenvalue weighted by Crippen LogP contribution is 2.27. The first-order chi connectivity index (χ1) is 12.9. The van der Waals surface area contributed by atoms with E-state index in [0.717, 1.165) is 16.9 Å². The summed E-state index contributed by atoms with van der Waals surface area (Å²) in [5.41, 5.74) is 6.32. The Morgan fingerprint density at radius 1 is 1.30 bits per heavy atom. The van der Waals surface area contributed by atoms with Crippen molar-refractivity contribution in [3.05, 3.63) is 63.0 Å². The first kappa shape index (κ1) is 18.8. The largest absolute Gasteiger partial charge is 0.459 e. The minimum absolute atomic E-state index is 0.129. The molecule has 0 radical (unpaired) electrons. The average molecular weight is 385 g/mol. The number of carbonyl (C=O) groups is 2. The van der Waals surface area contributed by atoms with Crippen LogP contribution in [0.5, 0.6) is 0 Å². The van der Waals surface area contributed by atoms with Crippen LogP contribution >= 0.6 is 11.3 Å². The van der Waals surface area contributed by atoms with Crippen LogP contribution < -0.4 is 11.3 Å². The highest BCUT2D eigenvalue weighted by molar-refractivity contribution is 7.20. The lowest BCUT2D eigenvalue weighted by molar-refractivity contribution is -0.149. The Balaban J connectivity index is 1.93. The van der Waals surface area contributed by atoms with Crippen LogP contribution in [0.1, 0.15) is 40.2 Å². The van der Waals surface area contributed by atoms with E-state index in [2.05, 4.69) is 4.98 Å². The second-order valence-corrected chi connectivity index (χ2v) is 7.07. The number of nitrogens with zero attached hydrogens (tertiary/aromatic N) is 2. The number of nitrogens with two attached hydrogens (primary N) is 1. The summed E-state index contributed by atoms with van der Waals surface area (Å²) in [6, 6.07) is 8.51. The fourth-order valence-electron chi connectivity index (χ4n) is 2.90. The van der Waals surface area contributed by atoms with Crippen LogP contribution in [-0.4, -0.2) is 21.4 Å². The van der Waals surface area contributed by atoms with Gasteiger partial charge in [-0.3, -0.25) is 14.2 Å². The third-order valence-corrected chi connectivity index (χ3v) is 5.53. The number of aromatic nitrogens is 2. The lowest BCUT2D eigenvalue weighted by atomic mass is 10.2. The zero-order valence-corrected chi connectivity index (χ0v) is 15.8. The molecule has 7 nitrogen and oxygen atoms in total. The van der Waals surface area contributed by atoms with E-state index in [-0.39, 0.29) is 12.2 Å². The zero-order valence-electron chi connectivity index (χ0n) is 15.0. The molecule has 8 heteroatoms. The molecule has 140 valence electrons. The van der Waals surface area contributed by atoms with Crippen molar-refractivity contribution in [3.8, 4) is 0 Å². The molecule has 1 atom stereocenters. The van der Waals surface area contributed by atoms with Crippen LogP contribution in [-0.2, 0) is 16.1 Å². The molecule has 27 heavy (non-hydrogen) atoms. The van der Waals surface area contributed by atoms with Crippen molar-refractivity contribution >= 4 is 33.4 Å². The maximum absolute atomic E-state index is 12.9. The second-order valence-electron chi connectivity index (χ2n) is 6.07. The minimum Gasteiger partial charge on any atom is -0.459 e. The summed E-state index contributed by atoms with van der Waals surface area (Å²) in [5, 5.41) is 0.311. The van der Waals surface area contributed by atoms with E-state index < -0.39 is 17.9 Å². The minimum atomic E-state index is -0.797. The van der Waals surface area contributed by atoms with Crippen LogP contribution in [0.3, 0.4) is 0 Å². The Bertz CT molecular complexity index is 1060. The summed E-state index contributed by atoms with van der Waals surface area (Å²) in [6.07, 6.45) is 1.69. The molecule has 1 unspecified atom stereocenters. The maximum Gasteiger partial charge on any atom is 0.329 e. The molecular weight excluding hydrogens is 366 g/mol. The highest BCUT2D eigenvalue weighted by Gasteiger charge is 2.25. The van der Waals surface area contributed by atoms with Gasteiger partial charge in [0.15, 0.2) is 0 Å². The second kappa shape index (κ2) is 7.71. The van der Waals surface area contributed by atoms with Crippen LogP contribution in [0.4, 0.5) is 0 Å². The molecule has 0 aliphatic rings. The van der Waals surface area contributed by atoms with Gasteiger partial charge in [0, 0.05) is 0 Å². The molecule has 0 saturated heterocycles. The van der Waals surface area contributed by atoms with Gasteiger partial charge in [0.25, 0.3) is 11.5 Å². The fourth-order valence-corrected chi connectivity index (χ4v) is 3.89. The smallest absolute Gasteiger partial charge is 0.329 e. The van der Waals surface area contributed by atoms with Gasteiger partial charge in [0.1, 0.15) is 17.5 Å². The molecule has 2 heterocycles. The Labute approximate surface area is 159 Å². The number of hydrogen-bond acceptors (Lipinski definition) is 6. The summed E-state index contributed by atoms with van der Waals surface area (Å²) in [7, 11) is 0. The van der Waals surface area contributed by atoms with Gasteiger partial charge in [0.05, 0.1) is 16.6 Å². The van der Waals surface area contributed by atoms with Gasteiger partial charge in [0.2, 0.25) is 0 Å². The van der Waals surface area contributed by atoms with Crippen LogP contribution in [0.25, 0.3) is 10.2 Å². The number of esters is 1. The first-order valence-electron chi connectivity index (χ1n) is 8.44. The molecular formula is C19H19N3O4S. The molecule has 3 rings (SSSR count). The van der Waals surface area contributed by atoms with Crippen molar-refractivity contribution in [2.45, 2.75) is 32.9 Å². The van der Waals surface area contributed by atoms with Crippen molar-refractivity contribution in [1.82, 2.24) is 9.55 Å². The predicted octanol–water partition coefficient (Wildman–Crippen LogP) is 2.56. The van der Waals surface area contributed by atoms with E-state index in [1.807, 2.05) is 30.3 Å². The van der Waals surface area contributed by atoms with Crippen molar-refractivity contribution in [2.24, 2.45) is 5.73 Å². The van der Waals surface area contributed by atoms with E-state index in [1.165, 1.54) is 10.9 Å². The van der Waals surface area contributed by atoms with E-state index >= 15 is 0 Å². The van der Waals surface area contributed by atoms with Crippen LogP contribution in [0.15, 0.2) is 41.5 Å². The highest BCUT2D eigenvalue weighted by atomic mass is 32.1. The predicted molar refractivity (Wildman–Crippen MR) is 103 cm³/mol. The number of thiophene rings is 1. The molecule has 0 aliphatic carbocycles. The molecule has 0 saturated carbocycles. The average Bonchev–Trinajstić information content (AvgIpc) is 3.01. The summed E-state index contributed by atoms with van der Waals surface area (Å²) in [4.78, 5) is 42.0. The Morgan fingerprint density at radius 3 is 2.63 bits per heavy atom. The van der Waals surface area contributed by atoms with Crippen LogP contribution in [0, 0.1) is 6.92 Å². The lowest BCUT2D eigenvalue weighted by Crippen LogP contribution is -2.31. The van der Waals surface area contributed by atoms with Gasteiger partial charge >= 0.3 is 5.97 Å². The topological polar surface area (TPSA) is 104 Å². The quantitative estimate of drug-likeness (QED) is 0.657. The number of amides is 1. The summed E-state index contributed by atoms with van der Waals surface area (Å²) < 4.78 is 6.64. The first-order valence-corrected chi connectivity index (χ1v) is 9.26. The molecule has 1 amide bonds. The Kier molecular flexibility index (Phi) is 5.36. The van der Waals surface area contributed by atoms with Gasteiger partial charge in [-0.2, -0.15) is 0 Å². The van der Waals surface area contributed by atoms with Gasteiger partial charge in [-0.15, -0.1) is 11.3 Å². The van der Waals surface area contributed by atoms with Gasteiger partial charge in [-0.1, -0.05) is 37.3 Å². The van der Waals surface area contributed by atoms with Gasteiger partial charge < -0.3 is 10.5 Å². The van der Waals surface area contributed by atoms with Gasteiger partial charge in [-0.05, 0) is 24.5 Å². The van der Waals surface area contributed by atoms with Crippen molar-refractivity contribution in [2.75, 3.05) is 0 Å². The van der Waals surface area contributed by atoms with E-state index in [4.69, 9.17) is 10.5 Å². The number of fused-ring (bicyclic) bond motifs is 1. The number of carbonyl (C=O) groups excluding carboxylic acids is 2. The molecule has 0 spiro atoms. The van der Waals surface area contributed by atoms with E-state index in [0.29, 0.717) is 27.1 Å². The number of hydrogen-bond donors (Lipinski definition) is 1. The van der Waals surface area contributed by atoms with Crippen molar-refractivity contribution in [3.63, 3.8) is 0 Å². The van der Waals surface area contributed by atoms with E-state index in [1.54, 1.807) is 13.8 Å². The third kappa shape index (κ3) is 3.61. The van der Waals surface area contributed by atoms with Crippen molar-refractivity contribution in [1.29, 1.82) is 0 Å². The Hall–Kier alpha value is -3.00. The lowest BCUT2D eigenvalue weighted by Gasteiger charge is -2.17. The summed E-state index contributed by atoms with van der Waals surface area (Å²) in [5.74, 6) is -1.11. The summed E-state index contributed by atoms with van der Waals surface area (Å²) >= 11 is 1.07. The number of primary amides is 1. The fraction of sp³-hybridized carbons (Fsp3) is 0.263. The molecule has 3 aromatic rings. The van der Waals surface area contributed by atoms with E-state index in [9.17, 15) is 14.4 Å². The van der Waals surface area contributed by atoms with Crippen LogP contribution in [0.2, 0.25) is 0 Å². The molecule has 1 aromatic carbocycles. The number of ether oxygens (including phenoxy) is 1. The summed E-state index contributed by atoms with van der Waals surface area (Å²) in [6.45, 7) is 3.57. The zero-order chi connectivity index (χ0) is 19.6. The van der Waals surface area contributed by atoms with Gasteiger partial charge in [-0.25, -0.2) is 9.78 Å². The number of benzene rings is 1. The molecule has 2 N–H and O–H groups in total. The normalized spacial score (nSPS) is 12.1. The standard InChI is InChI=1S/C19H19N3O4S/c1-3-13(19(25)26-9-12-7-5-4-6-8-12)22-10-21-17-14(18(22)24)11(2)15(27-17)16(20)23/h4-8,10,13H,3,9H2,1-2H3,(H2,20,23). The molecule has 0 aliphatic heterocycles. The van der Waals surface area contributed by atoms with Crippen molar-refractivity contribution < 1.29 is 14.3 Å². The molecule has 0 bridgehead atoms. The number of rotatable bonds is 6.